The molecule has 0 radical (unpaired) electrons. The van der Waals surface area contributed by atoms with Crippen LogP contribution in [0.2, 0.25) is 0 Å². The summed E-state index contributed by atoms with van der Waals surface area (Å²) < 4.78 is 10.5. The van der Waals surface area contributed by atoms with Crippen LogP contribution >= 0.6 is 0 Å². The Bertz CT molecular complexity index is 1170. The van der Waals surface area contributed by atoms with Crippen LogP contribution in [0.4, 0.5) is 0 Å². The standard InChI is InChI=1S/C30H32O5/c1-5-8-21-11-13-23(14-12-21)27(31)34-20-19-22-9-6-7-10-26(22)29(33)35-28(32)24-15-17-25(18-16-24)30(2,3)4/h6-7,9-18H,5,8,19-20H2,1-4H3. The first-order valence-corrected chi connectivity index (χ1v) is 11.9. The minimum absolute atomic E-state index is 0.0425. The summed E-state index contributed by atoms with van der Waals surface area (Å²) in [5.41, 5.74) is 3.92. The minimum Gasteiger partial charge on any atom is -0.462 e. The number of ether oxygens (including phenoxy) is 2. The van der Waals surface area contributed by atoms with Gasteiger partial charge in [-0.2, -0.15) is 0 Å². The predicted octanol–water partition coefficient (Wildman–Crippen LogP) is 6.33. The molecule has 0 aliphatic carbocycles. The Morgan fingerprint density at radius 3 is 1.94 bits per heavy atom. The van der Waals surface area contributed by atoms with Gasteiger partial charge >= 0.3 is 17.9 Å². The Kier molecular flexibility index (Phi) is 8.58. The third kappa shape index (κ3) is 7.12. The van der Waals surface area contributed by atoms with E-state index in [9.17, 15) is 14.4 Å². The van der Waals surface area contributed by atoms with Crippen molar-refractivity contribution in [3.63, 3.8) is 0 Å². The first kappa shape index (κ1) is 25.9. The predicted molar refractivity (Wildman–Crippen MR) is 136 cm³/mol. The number of carbonyl (C=O) groups is 3. The van der Waals surface area contributed by atoms with Gasteiger partial charge in [0.1, 0.15) is 0 Å². The molecule has 0 N–H and O–H groups in total. The second kappa shape index (κ2) is 11.6. The molecular formula is C30H32O5. The monoisotopic (exact) mass is 472 g/mol. The maximum absolute atomic E-state index is 12.7. The summed E-state index contributed by atoms with van der Waals surface area (Å²) in [6, 6.07) is 21.3. The fourth-order valence-corrected chi connectivity index (χ4v) is 3.68. The van der Waals surface area contributed by atoms with E-state index in [-0.39, 0.29) is 17.6 Å². The molecule has 0 spiro atoms. The minimum atomic E-state index is -0.733. The Hall–Kier alpha value is -3.73. The molecule has 0 bridgehead atoms. The number of hydrogen-bond acceptors (Lipinski definition) is 5. The maximum Gasteiger partial charge on any atom is 0.346 e. The van der Waals surface area contributed by atoms with E-state index in [2.05, 4.69) is 27.7 Å². The van der Waals surface area contributed by atoms with Crippen molar-refractivity contribution < 1.29 is 23.9 Å². The van der Waals surface area contributed by atoms with Crippen LogP contribution in [0.5, 0.6) is 0 Å². The van der Waals surface area contributed by atoms with Crippen molar-refractivity contribution in [2.75, 3.05) is 6.61 Å². The summed E-state index contributed by atoms with van der Waals surface area (Å²) >= 11 is 0. The number of esters is 3. The molecule has 0 fully saturated rings. The smallest absolute Gasteiger partial charge is 0.346 e. The molecule has 182 valence electrons. The largest absolute Gasteiger partial charge is 0.462 e. The lowest BCUT2D eigenvalue weighted by Gasteiger charge is -2.18. The van der Waals surface area contributed by atoms with Crippen molar-refractivity contribution >= 4 is 17.9 Å². The van der Waals surface area contributed by atoms with Crippen molar-refractivity contribution in [1.29, 1.82) is 0 Å². The highest BCUT2D eigenvalue weighted by atomic mass is 16.6. The highest BCUT2D eigenvalue weighted by molar-refractivity contribution is 6.03. The molecule has 0 aliphatic rings. The molecule has 0 saturated heterocycles. The molecule has 3 rings (SSSR count). The Morgan fingerprint density at radius 1 is 0.714 bits per heavy atom. The summed E-state index contributed by atoms with van der Waals surface area (Å²) in [5.74, 6) is -1.85. The summed E-state index contributed by atoms with van der Waals surface area (Å²) in [5, 5.41) is 0. The molecule has 3 aromatic rings. The first-order chi connectivity index (χ1) is 16.7. The molecular weight excluding hydrogens is 440 g/mol. The fourth-order valence-electron chi connectivity index (χ4n) is 3.68. The van der Waals surface area contributed by atoms with Gasteiger partial charge in [0.05, 0.1) is 23.3 Å². The van der Waals surface area contributed by atoms with E-state index in [1.165, 1.54) is 5.56 Å². The van der Waals surface area contributed by atoms with Crippen LogP contribution in [0.15, 0.2) is 72.8 Å². The van der Waals surface area contributed by atoms with Crippen LogP contribution in [0.25, 0.3) is 0 Å². The van der Waals surface area contributed by atoms with Gasteiger partial charge in [0.15, 0.2) is 0 Å². The van der Waals surface area contributed by atoms with E-state index in [0.717, 1.165) is 18.4 Å². The van der Waals surface area contributed by atoms with Crippen LogP contribution < -0.4 is 0 Å². The van der Waals surface area contributed by atoms with E-state index < -0.39 is 17.9 Å². The third-order valence-corrected chi connectivity index (χ3v) is 5.74. The SMILES string of the molecule is CCCc1ccc(C(=O)OCCc2ccccc2C(=O)OC(=O)c2ccc(C(C)(C)C)cc2)cc1. The molecule has 3 aromatic carbocycles. The van der Waals surface area contributed by atoms with Crippen molar-refractivity contribution in [2.45, 2.75) is 52.4 Å². The molecule has 0 aliphatic heterocycles. The van der Waals surface area contributed by atoms with E-state index in [1.807, 2.05) is 24.3 Å². The van der Waals surface area contributed by atoms with E-state index >= 15 is 0 Å². The van der Waals surface area contributed by atoms with Crippen LogP contribution in [0, 0.1) is 0 Å². The number of benzene rings is 3. The quantitative estimate of drug-likeness (QED) is 0.283. The van der Waals surface area contributed by atoms with E-state index in [4.69, 9.17) is 9.47 Å². The van der Waals surface area contributed by atoms with Crippen LogP contribution in [0.3, 0.4) is 0 Å². The van der Waals surface area contributed by atoms with Crippen LogP contribution in [-0.2, 0) is 27.7 Å². The van der Waals surface area contributed by atoms with Crippen molar-refractivity contribution in [2.24, 2.45) is 0 Å². The molecule has 5 nitrogen and oxygen atoms in total. The zero-order valence-electron chi connectivity index (χ0n) is 20.8. The molecule has 0 aromatic heterocycles. The molecule has 0 unspecified atom stereocenters. The summed E-state index contributed by atoms with van der Waals surface area (Å²) in [7, 11) is 0. The van der Waals surface area contributed by atoms with Gasteiger partial charge in [-0.25, -0.2) is 14.4 Å². The van der Waals surface area contributed by atoms with Gasteiger partial charge in [-0.1, -0.05) is 76.6 Å². The van der Waals surface area contributed by atoms with Gasteiger partial charge in [0.2, 0.25) is 0 Å². The molecule has 0 amide bonds. The highest BCUT2D eigenvalue weighted by Crippen LogP contribution is 2.22. The summed E-state index contributed by atoms with van der Waals surface area (Å²) in [6.07, 6.45) is 2.33. The molecule has 0 atom stereocenters. The number of hydrogen-bond donors (Lipinski definition) is 0. The van der Waals surface area contributed by atoms with Crippen LogP contribution in [-0.4, -0.2) is 24.5 Å². The average Bonchev–Trinajstić information content (AvgIpc) is 2.84. The highest BCUT2D eigenvalue weighted by Gasteiger charge is 2.19. The van der Waals surface area contributed by atoms with Gasteiger partial charge in [-0.05, 0) is 58.9 Å². The molecule has 35 heavy (non-hydrogen) atoms. The molecule has 5 heteroatoms. The fraction of sp³-hybridized carbons (Fsp3) is 0.300. The number of carbonyl (C=O) groups excluding carboxylic acids is 3. The number of aryl methyl sites for hydroxylation is 1. The normalized spacial score (nSPS) is 11.1. The summed E-state index contributed by atoms with van der Waals surface area (Å²) in [6.45, 7) is 8.46. The van der Waals surface area contributed by atoms with Gasteiger partial charge in [-0.15, -0.1) is 0 Å². The Balaban J connectivity index is 1.59. The van der Waals surface area contributed by atoms with Crippen molar-refractivity contribution in [3.05, 3.63) is 106 Å². The lowest BCUT2D eigenvalue weighted by atomic mass is 9.87. The van der Waals surface area contributed by atoms with Crippen LogP contribution in [0.1, 0.15) is 81.9 Å². The second-order valence-electron chi connectivity index (χ2n) is 9.49. The second-order valence-corrected chi connectivity index (χ2v) is 9.49. The van der Waals surface area contributed by atoms with Crippen molar-refractivity contribution in [1.82, 2.24) is 0 Å². The molecule has 0 saturated carbocycles. The van der Waals surface area contributed by atoms with Gasteiger partial charge in [-0.3, -0.25) is 0 Å². The Morgan fingerprint density at radius 2 is 1.31 bits per heavy atom. The first-order valence-electron chi connectivity index (χ1n) is 11.9. The number of rotatable bonds is 8. The van der Waals surface area contributed by atoms with Gasteiger partial charge in [0.25, 0.3) is 0 Å². The van der Waals surface area contributed by atoms with Gasteiger partial charge < -0.3 is 9.47 Å². The maximum atomic E-state index is 12.7. The van der Waals surface area contributed by atoms with Crippen molar-refractivity contribution in [3.8, 4) is 0 Å². The zero-order chi connectivity index (χ0) is 25.4. The van der Waals surface area contributed by atoms with Gasteiger partial charge in [0, 0.05) is 6.42 Å². The lowest BCUT2D eigenvalue weighted by molar-refractivity contribution is 0.0397. The Labute approximate surface area is 207 Å². The zero-order valence-corrected chi connectivity index (χ0v) is 20.8. The van der Waals surface area contributed by atoms with E-state index in [1.54, 1.807) is 48.5 Å². The lowest BCUT2D eigenvalue weighted by Crippen LogP contribution is -2.16. The average molecular weight is 473 g/mol. The summed E-state index contributed by atoms with van der Waals surface area (Å²) in [4.78, 5) is 37.6. The molecule has 0 heterocycles. The topological polar surface area (TPSA) is 69.7 Å². The van der Waals surface area contributed by atoms with E-state index in [0.29, 0.717) is 23.1 Å². The third-order valence-electron chi connectivity index (χ3n) is 5.74.